The molecule has 2 heterocycles. The number of carbonyl (C=O) groups excluding carboxylic acids is 1. The highest BCUT2D eigenvalue weighted by Gasteiger charge is 2.31. The lowest BCUT2D eigenvalue weighted by Gasteiger charge is -2.14. The molecular formula is C22H17F3N4O3S2. The molecule has 2 aromatic carbocycles. The number of anilines is 1. The molecule has 0 fully saturated rings. The van der Waals surface area contributed by atoms with Crippen LogP contribution < -0.4 is 14.8 Å². The zero-order valence-electron chi connectivity index (χ0n) is 17.6. The second kappa shape index (κ2) is 10.2. The molecule has 34 heavy (non-hydrogen) atoms. The molecule has 0 atom stereocenters. The van der Waals surface area contributed by atoms with Gasteiger partial charge in [0.05, 0.1) is 24.8 Å². The first-order valence-electron chi connectivity index (χ1n) is 9.73. The van der Waals surface area contributed by atoms with E-state index in [1.54, 1.807) is 41.6 Å². The van der Waals surface area contributed by atoms with E-state index in [0.717, 1.165) is 5.56 Å². The number of rotatable bonds is 8. The zero-order valence-corrected chi connectivity index (χ0v) is 19.2. The number of hydrogen-bond acceptors (Lipinski definition) is 7. The monoisotopic (exact) mass is 506 g/mol. The molecular weight excluding hydrogens is 489 g/mol. The van der Waals surface area contributed by atoms with Gasteiger partial charge >= 0.3 is 6.36 Å². The average molecular weight is 507 g/mol. The van der Waals surface area contributed by atoms with Crippen molar-refractivity contribution in [2.24, 2.45) is 0 Å². The quantitative estimate of drug-likeness (QED) is 0.312. The molecule has 0 aliphatic carbocycles. The minimum absolute atomic E-state index is 0.0634. The maximum Gasteiger partial charge on any atom is 0.573 e. The summed E-state index contributed by atoms with van der Waals surface area (Å²) in [5.74, 6) is 0.152. The van der Waals surface area contributed by atoms with Gasteiger partial charge in [0.1, 0.15) is 11.5 Å². The van der Waals surface area contributed by atoms with E-state index in [1.807, 2.05) is 12.1 Å². The number of nitrogens with zero attached hydrogens (tertiary/aromatic N) is 3. The number of carbonyl (C=O) groups is 1. The maximum absolute atomic E-state index is 12.5. The minimum Gasteiger partial charge on any atom is -0.497 e. The van der Waals surface area contributed by atoms with Crippen LogP contribution in [0.2, 0.25) is 0 Å². The Morgan fingerprint density at radius 1 is 1.09 bits per heavy atom. The van der Waals surface area contributed by atoms with Crippen molar-refractivity contribution in [3.63, 3.8) is 0 Å². The SMILES string of the molecule is COc1ccc(-c2cnc(SCC(=O)Nc3nccs3)n2-c2ccc(OC(F)(F)F)cc2)cc1. The molecule has 4 rings (SSSR count). The number of imidazole rings is 1. The first-order valence-corrected chi connectivity index (χ1v) is 11.6. The highest BCUT2D eigenvalue weighted by atomic mass is 32.2. The van der Waals surface area contributed by atoms with Crippen molar-refractivity contribution in [3.8, 4) is 28.4 Å². The molecule has 0 spiro atoms. The normalized spacial score (nSPS) is 11.3. The molecule has 2 aromatic heterocycles. The van der Waals surface area contributed by atoms with Crippen LogP contribution in [0.1, 0.15) is 0 Å². The van der Waals surface area contributed by atoms with E-state index in [1.165, 1.54) is 47.4 Å². The predicted molar refractivity (Wildman–Crippen MR) is 124 cm³/mol. The molecule has 176 valence electrons. The Kier molecular flexibility index (Phi) is 7.08. The average Bonchev–Trinajstić information content (AvgIpc) is 3.47. The lowest BCUT2D eigenvalue weighted by molar-refractivity contribution is -0.274. The van der Waals surface area contributed by atoms with Crippen molar-refractivity contribution >= 4 is 34.1 Å². The number of hydrogen-bond donors (Lipinski definition) is 1. The third kappa shape index (κ3) is 5.88. The molecule has 0 aliphatic rings. The number of halogens is 3. The van der Waals surface area contributed by atoms with Gasteiger partial charge in [-0.05, 0) is 48.5 Å². The van der Waals surface area contributed by atoms with Crippen molar-refractivity contribution in [1.29, 1.82) is 0 Å². The van der Waals surface area contributed by atoms with Gasteiger partial charge in [0.25, 0.3) is 0 Å². The first-order chi connectivity index (χ1) is 16.3. The number of amides is 1. The van der Waals surface area contributed by atoms with Crippen LogP contribution in [0.15, 0.2) is 71.5 Å². The van der Waals surface area contributed by atoms with Crippen LogP contribution in [-0.2, 0) is 4.79 Å². The van der Waals surface area contributed by atoms with Crippen LogP contribution in [0, 0.1) is 0 Å². The molecule has 7 nitrogen and oxygen atoms in total. The van der Waals surface area contributed by atoms with Crippen molar-refractivity contribution in [3.05, 3.63) is 66.3 Å². The predicted octanol–water partition coefficient (Wildman–Crippen LogP) is 5.63. The molecule has 1 N–H and O–H groups in total. The minimum atomic E-state index is -4.78. The van der Waals surface area contributed by atoms with Crippen LogP contribution in [0.5, 0.6) is 11.5 Å². The largest absolute Gasteiger partial charge is 0.573 e. The Morgan fingerprint density at radius 3 is 2.41 bits per heavy atom. The van der Waals surface area contributed by atoms with Gasteiger partial charge in [0.2, 0.25) is 5.91 Å². The number of thioether (sulfide) groups is 1. The summed E-state index contributed by atoms with van der Waals surface area (Å²) >= 11 is 2.50. The Hall–Kier alpha value is -3.51. The Labute approximate surface area is 200 Å². The van der Waals surface area contributed by atoms with E-state index < -0.39 is 6.36 Å². The topological polar surface area (TPSA) is 78.3 Å². The van der Waals surface area contributed by atoms with E-state index in [2.05, 4.69) is 20.0 Å². The number of alkyl halides is 3. The summed E-state index contributed by atoms with van der Waals surface area (Å²) in [6, 6.07) is 12.7. The van der Waals surface area contributed by atoms with Crippen LogP contribution in [0.3, 0.4) is 0 Å². The summed E-state index contributed by atoms with van der Waals surface area (Å²) in [5, 5.41) is 5.44. The van der Waals surface area contributed by atoms with Gasteiger partial charge in [-0.1, -0.05) is 11.8 Å². The fourth-order valence-corrected chi connectivity index (χ4v) is 4.36. The molecule has 0 saturated heterocycles. The second-order valence-electron chi connectivity index (χ2n) is 6.71. The molecule has 4 aromatic rings. The van der Waals surface area contributed by atoms with E-state index in [0.29, 0.717) is 27.4 Å². The Balaban J connectivity index is 1.63. The summed E-state index contributed by atoms with van der Waals surface area (Å²) in [6.07, 6.45) is -1.55. The molecule has 0 bridgehead atoms. The fourth-order valence-electron chi connectivity index (χ4n) is 3.02. The Morgan fingerprint density at radius 2 is 1.79 bits per heavy atom. The van der Waals surface area contributed by atoms with Crippen LogP contribution in [0.4, 0.5) is 18.3 Å². The number of thiazole rings is 1. The van der Waals surface area contributed by atoms with Crippen LogP contribution >= 0.6 is 23.1 Å². The number of methoxy groups -OCH3 is 1. The number of ether oxygens (including phenoxy) is 2. The van der Waals surface area contributed by atoms with E-state index in [4.69, 9.17) is 4.74 Å². The molecule has 1 amide bonds. The van der Waals surface area contributed by atoms with E-state index in [-0.39, 0.29) is 17.4 Å². The van der Waals surface area contributed by atoms with Gasteiger partial charge in [-0.25, -0.2) is 9.97 Å². The number of nitrogens with one attached hydrogen (secondary N) is 1. The van der Waals surface area contributed by atoms with Gasteiger partial charge in [-0.3, -0.25) is 9.36 Å². The van der Waals surface area contributed by atoms with Gasteiger partial charge in [0.15, 0.2) is 10.3 Å². The van der Waals surface area contributed by atoms with Gasteiger partial charge in [-0.2, -0.15) is 0 Å². The third-order valence-corrected chi connectivity index (χ3v) is 6.10. The van der Waals surface area contributed by atoms with Crippen molar-refractivity contribution in [1.82, 2.24) is 14.5 Å². The van der Waals surface area contributed by atoms with Crippen molar-refractivity contribution in [2.75, 3.05) is 18.2 Å². The zero-order chi connectivity index (χ0) is 24.1. The van der Waals surface area contributed by atoms with Gasteiger partial charge in [0, 0.05) is 22.8 Å². The summed E-state index contributed by atoms with van der Waals surface area (Å²) in [5.41, 5.74) is 2.05. The lowest BCUT2D eigenvalue weighted by atomic mass is 10.1. The van der Waals surface area contributed by atoms with Gasteiger partial charge < -0.3 is 14.8 Å². The smallest absolute Gasteiger partial charge is 0.497 e. The van der Waals surface area contributed by atoms with Crippen molar-refractivity contribution < 1.29 is 27.4 Å². The fraction of sp³-hybridized carbons (Fsp3) is 0.136. The maximum atomic E-state index is 12.5. The second-order valence-corrected chi connectivity index (χ2v) is 8.54. The first kappa shape index (κ1) is 23.6. The Bertz CT molecular complexity index is 1240. The molecule has 0 radical (unpaired) electrons. The standard InChI is InChI=1S/C22H17F3N4O3S2/c1-31-16-6-2-14(3-7-16)18-12-27-21(34-13-19(30)28-20-26-10-11-33-20)29(18)15-4-8-17(9-5-15)32-22(23,24)25/h2-12H,13H2,1H3,(H,26,28,30). The highest BCUT2D eigenvalue weighted by molar-refractivity contribution is 7.99. The summed E-state index contributed by atoms with van der Waals surface area (Å²) in [4.78, 5) is 20.8. The van der Waals surface area contributed by atoms with Gasteiger partial charge in [-0.15, -0.1) is 24.5 Å². The molecule has 0 unspecified atom stereocenters. The summed E-state index contributed by atoms with van der Waals surface area (Å²) < 4.78 is 48.6. The van der Waals surface area contributed by atoms with Crippen molar-refractivity contribution in [2.45, 2.75) is 11.5 Å². The molecule has 0 saturated carbocycles. The van der Waals surface area contributed by atoms with Crippen LogP contribution in [0.25, 0.3) is 16.9 Å². The lowest BCUT2D eigenvalue weighted by Crippen LogP contribution is -2.17. The third-order valence-electron chi connectivity index (χ3n) is 4.45. The molecule has 12 heteroatoms. The summed E-state index contributed by atoms with van der Waals surface area (Å²) in [6.45, 7) is 0. The van der Waals surface area contributed by atoms with E-state index in [9.17, 15) is 18.0 Å². The summed E-state index contributed by atoms with van der Waals surface area (Å²) in [7, 11) is 1.56. The van der Waals surface area contributed by atoms with E-state index >= 15 is 0 Å². The number of aromatic nitrogens is 3. The van der Waals surface area contributed by atoms with Crippen LogP contribution in [-0.4, -0.2) is 39.7 Å². The molecule has 0 aliphatic heterocycles. The highest BCUT2D eigenvalue weighted by Crippen LogP contribution is 2.32. The number of benzene rings is 2.